The number of benzene rings is 2. The second-order valence-electron chi connectivity index (χ2n) is 8.49. The molecule has 6 nitrogen and oxygen atoms in total. The zero-order valence-electron chi connectivity index (χ0n) is 19.4. The van der Waals surface area contributed by atoms with Crippen LogP contribution in [-0.4, -0.2) is 26.1 Å². The van der Waals surface area contributed by atoms with Crippen LogP contribution in [0.2, 0.25) is 0 Å². The van der Waals surface area contributed by atoms with Crippen molar-refractivity contribution in [3.63, 3.8) is 0 Å². The fraction of sp³-hybridized carbons (Fsp3) is 0.346. The van der Waals surface area contributed by atoms with E-state index in [0.717, 1.165) is 48.1 Å². The molecule has 4 aromatic rings. The van der Waals surface area contributed by atoms with Gasteiger partial charge in [0.05, 0.1) is 12.7 Å². The second kappa shape index (κ2) is 9.98. The molecule has 0 bridgehead atoms. The fourth-order valence-corrected chi connectivity index (χ4v) is 4.27. The van der Waals surface area contributed by atoms with Crippen LogP contribution in [0, 0.1) is 18.7 Å². The van der Waals surface area contributed by atoms with E-state index in [1.165, 1.54) is 12.1 Å². The molecule has 2 aromatic carbocycles. The van der Waals surface area contributed by atoms with Crippen LogP contribution in [-0.2, 0) is 6.54 Å². The number of fused-ring (bicyclic) bond motifs is 1. The van der Waals surface area contributed by atoms with Crippen molar-refractivity contribution in [3.05, 3.63) is 76.1 Å². The SMILES string of the molecule is CCC[C@H](CC)CNc1ncc2[nH]c(=O)n(Cc3cccc(-c4cccc(F)c4)c3C)c2n1. The highest BCUT2D eigenvalue weighted by Crippen LogP contribution is 2.27. The zero-order chi connectivity index (χ0) is 23.4. The maximum absolute atomic E-state index is 13.8. The average molecular weight is 448 g/mol. The summed E-state index contributed by atoms with van der Waals surface area (Å²) in [5, 5.41) is 3.33. The molecule has 4 rings (SSSR count). The summed E-state index contributed by atoms with van der Waals surface area (Å²) in [6.45, 7) is 7.54. The Morgan fingerprint density at radius 1 is 1.18 bits per heavy atom. The van der Waals surface area contributed by atoms with Crippen LogP contribution in [0.25, 0.3) is 22.3 Å². The lowest BCUT2D eigenvalue weighted by molar-refractivity contribution is 0.486. The third kappa shape index (κ3) is 4.97. The molecule has 2 N–H and O–H groups in total. The minimum Gasteiger partial charge on any atom is -0.354 e. The van der Waals surface area contributed by atoms with Crippen LogP contribution >= 0.6 is 0 Å². The standard InChI is InChI=1S/C26H30FN5O/c1-4-8-18(5-2)14-28-25-29-15-23-24(31-25)32(26(33)30-23)16-20-10-7-12-22(17(20)3)19-9-6-11-21(27)13-19/h6-7,9-13,15,18H,4-5,8,14,16H2,1-3H3,(H,30,33)(H,28,29,31)/t18-/m0/s1. The molecule has 0 saturated heterocycles. The minimum absolute atomic E-state index is 0.232. The number of nitrogens with zero attached hydrogens (tertiary/aromatic N) is 3. The third-order valence-corrected chi connectivity index (χ3v) is 6.24. The summed E-state index contributed by atoms with van der Waals surface area (Å²) in [7, 11) is 0. The van der Waals surface area contributed by atoms with Gasteiger partial charge in [0.2, 0.25) is 5.95 Å². The van der Waals surface area contributed by atoms with E-state index in [1.807, 2.05) is 31.2 Å². The van der Waals surface area contributed by atoms with Crippen molar-refractivity contribution in [2.45, 2.75) is 46.6 Å². The molecule has 0 aliphatic carbocycles. The summed E-state index contributed by atoms with van der Waals surface area (Å²) in [5.41, 5.74) is 4.67. The maximum atomic E-state index is 13.8. The molecule has 33 heavy (non-hydrogen) atoms. The quantitative estimate of drug-likeness (QED) is 0.354. The Balaban J connectivity index is 1.64. The molecule has 0 unspecified atom stereocenters. The lowest BCUT2D eigenvalue weighted by Crippen LogP contribution is -2.19. The van der Waals surface area contributed by atoms with E-state index in [9.17, 15) is 9.18 Å². The Hall–Kier alpha value is -3.48. The number of rotatable bonds is 9. The zero-order valence-corrected chi connectivity index (χ0v) is 19.4. The summed E-state index contributed by atoms with van der Waals surface area (Å²) in [6, 6.07) is 12.4. The molecular formula is C26H30FN5O. The van der Waals surface area contributed by atoms with Crippen molar-refractivity contribution in [3.8, 4) is 11.1 Å². The van der Waals surface area contributed by atoms with Crippen molar-refractivity contribution in [2.24, 2.45) is 5.92 Å². The molecule has 1 atom stereocenters. The molecule has 2 heterocycles. The summed E-state index contributed by atoms with van der Waals surface area (Å²) in [5.74, 6) is 0.817. The minimum atomic E-state index is -0.272. The average Bonchev–Trinajstić information content (AvgIpc) is 3.12. The number of nitrogens with one attached hydrogen (secondary N) is 2. The topological polar surface area (TPSA) is 75.6 Å². The highest BCUT2D eigenvalue weighted by atomic mass is 19.1. The first kappa shape index (κ1) is 22.7. The first-order chi connectivity index (χ1) is 16.0. The van der Waals surface area contributed by atoms with E-state index >= 15 is 0 Å². The normalized spacial score (nSPS) is 12.2. The van der Waals surface area contributed by atoms with Gasteiger partial charge in [-0.25, -0.2) is 14.2 Å². The Labute approximate surface area is 192 Å². The van der Waals surface area contributed by atoms with Crippen molar-refractivity contribution >= 4 is 17.1 Å². The lowest BCUT2D eigenvalue weighted by atomic mass is 9.96. The lowest BCUT2D eigenvalue weighted by Gasteiger charge is -2.15. The molecule has 0 spiro atoms. The summed E-state index contributed by atoms with van der Waals surface area (Å²) < 4.78 is 15.4. The van der Waals surface area contributed by atoms with Gasteiger partial charge in [0.1, 0.15) is 11.3 Å². The number of aromatic nitrogens is 4. The van der Waals surface area contributed by atoms with Crippen molar-refractivity contribution in [1.29, 1.82) is 0 Å². The smallest absolute Gasteiger partial charge is 0.328 e. The molecule has 172 valence electrons. The van der Waals surface area contributed by atoms with Gasteiger partial charge in [-0.1, -0.05) is 57.0 Å². The van der Waals surface area contributed by atoms with Gasteiger partial charge >= 0.3 is 5.69 Å². The van der Waals surface area contributed by atoms with Gasteiger partial charge in [0, 0.05) is 6.54 Å². The number of aromatic amines is 1. The Bertz CT molecular complexity index is 1310. The first-order valence-corrected chi connectivity index (χ1v) is 11.5. The molecular weight excluding hydrogens is 417 g/mol. The van der Waals surface area contributed by atoms with Crippen LogP contribution in [0.3, 0.4) is 0 Å². The predicted molar refractivity (Wildman–Crippen MR) is 131 cm³/mol. The van der Waals surface area contributed by atoms with Crippen LogP contribution in [0.4, 0.5) is 10.3 Å². The van der Waals surface area contributed by atoms with Crippen LogP contribution in [0.5, 0.6) is 0 Å². The van der Waals surface area contributed by atoms with Crippen molar-refractivity contribution in [1.82, 2.24) is 19.5 Å². The van der Waals surface area contributed by atoms with Crippen molar-refractivity contribution in [2.75, 3.05) is 11.9 Å². The van der Waals surface area contributed by atoms with Gasteiger partial charge in [-0.15, -0.1) is 0 Å². The molecule has 0 radical (unpaired) electrons. The van der Waals surface area contributed by atoms with E-state index in [1.54, 1.807) is 16.8 Å². The molecule has 0 amide bonds. The van der Waals surface area contributed by atoms with E-state index < -0.39 is 0 Å². The largest absolute Gasteiger partial charge is 0.354 e. The number of H-pyrrole nitrogens is 1. The number of halogens is 1. The summed E-state index contributed by atoms with van der Waals surface area (Å²) in [4.78, 5) is 24.6. The molecule has 2 aromatic heterocycles. The van der Waals surface area contributed by atoms with Gasteiger partial charge in [0.25, 0.3) is 0 Å². The molecule has 0 aliphatic rings. The Kier molecular flexibility index (Phi) is 6.87. The van der Waals surface area contributed by atoms with Crippen LogP contribution in [0.1, 0.15) is 44.2 Å². The van der Waals surface area contributed by atoms with Gasteiger partial charge < -0.3 is 10.3 Å². The second-order valence-corrected chi connectivity index (χ2v) is 8.49. The van der Waals surface area contributed by atoms with Gasteiger partial charge in [-0.05, 0) is 53.6 Å². The number of hydrogen-bond donors (Lipinski definition) is 2. The monoisotopic (exact) mass is 447 g/mol. The van der Waals surface area contributed by atoms with Crippen molar-refractivity contribution < 1.29 is 4.39 Å². The molecule has 7 heteroatoms. The van der Waals surface area contributed by atoms with E-state index in [-0.39, 0.29) is 11.5 Å². The molecule has 0 fully saturated rings. The first-order valence-electron chi connectivity index (χ1n) is 11.5. The van der Waals surface area contributed by atoms with Gasteiger partial charge in [0.15, 0.2) is 5.65 Å². The van der Waals surface area contributed by atoms with E-state index in [4.69, 9.17) is 0 Å². The van der Waals surface area contributed by atoms with E-state index in [0.29, 0.717) is 29.6 Å². The third-order valence-electron chi connectivity index (χ3n) is 6.24. The summed E-state index contributed by atoms with van der Waals surface area (Å²) >= 11 is 0. The maximum Gasteiger partial charge on any atom is 0.328 e. The highest BCUT2D eigenvalue weighted by molar-refractivity contribution is 5.72. The number of imidazole rings is 1. The predicted octanol–water partition coefficient (Wildman–Crippen LogP) is 5.52. The van der Waals surface area contributed by atoms with Gasteiger partial charge in [-0.2, -0.15) is 4.98 Å². The van der Waals surface area contributed by atoms with Crippen LogP contribution in [0.15, 0.2) is 53.5 Å². The summed E-state index contributed by atoms with van der Waals surface area (Å²) in [6.07, 6.45) is 5.05. The highest BCUT2D eigenvalue weighted by Gasteiger charge is 2.14. The Morgan fingerprint density at radius 2 is 2.00 bits per heavy atom. The van der Waals surface area contributed by atoms with E-state index in [2.05, 4.69) is 34.1 Å². The molecule has 0 aliphatic heterocycles. The van der Waals surface area contributed by atoms with Crippen LogP contribution < -0.4 is 11.0 Å². The number of anilines is 1. The van der Waals surface area contributed by atoms with Gasteiger partial charge in [-0.3, -0.25) is 4.57 Å². The number of hydrogen-bond acceptors (Lipinski definition) is 4. The Morgan fingerprint density at radius 3 is 2.76 bits per heavy atom. The molecule has 0 saturated carbocycles. The fourth-order valence-electron chi connectivity index (χ4n) is 4.27.